The van der Waals surface area contributed by atoms with Gasteiger partial charge in [0, 0.05) is 24.2 Å². The molecular weight excluding hydrogens is 361 g/mol. The number of rotatable bonds is 3. The summed E-state index contributed by atoms with van der Waals surface area (Å²) in [5.74, 6) is 1.02. The van der Waals surface area contributed by atoms with E-state index in [0.29, 0.717) is 30.4 Å². The molecule has 1 amide bonds. The van der Waals surface area contributed by atoms with Crippen molar-refractivity contribution < 1.29 is 22.5 Å². The summed E-state index contributed by atoms with van der Waals surface area (Å²) in [5.41, 5.74) is -1.05. The smallest absolute Gasteiger partial charge is 0.359 e. The summed E-state index contributed by atoms with van der Waals surface area (Å²) in [6.45, 7) is 6.44. The van der Waals surface area contributed by atoms with E-state index < -0.39 is 17.8 Å². The van der Waals surface area contributed by atoms with E-state index in [4.69, 9.17) is 4.52 Å². The number of hydrogen-bond acceptors (Lipinski definition) is 5. The molecule has 27 heavy (non-hydrogen) atoms. The molecule has 146 valence electrons. The number of nitrogens with zero attached hydrogens (tertiary/aromatic N) is 3. The van der Waals surface area contributed by atoms with Crippen LogP contribution in [0.5, 0.6) is 0 Å². The minimum absolute atomic E-state index is 0.237. The highest BCUT2D eigenvalue weighted by molar-refractivity contribution is 5.96. The van der Waals surface area contributed by atoms with Crippen molar-refractivity contribution in [2.24, 2.45) is 0 Å². The normalized spacial score (nSPS) is 18.0. The zero-order chi connectivity index (χ0) is 19.8. The van der Waals surface area contributed by atoms with Gasteiger partial charge in [-0.2, -0.15) is 13.2 Å². The van der Waals surface area contributed by atoms with E-state index in [0.717, 1.165) is 18.7 Å². The van der Waals surface area contributed by atoms with Gasteiger partial charge in [0.1, 0.15) is 17.6 Å². The summed E-state index contributed by atoms with van der Waals surface area (Å²) in [6, 6.07) is 3.42. The zero-order valence-corrected chi connectivity index (χ0v) is 15.3. The van der Waals surface area contributed by atoms with Gasteiger partial charge in [0.15, 0.2) is 5.82 Å². The summed E-state index contributed by atoms with van der Waals surface area (Å²) in [5, 5.41) is 6.58. The minimum atomic E-state index is -4.44. The van der Waals surface area contributed by atoms with E-state index in [2.05, 4.69) is 15.5 Å². The van der Waals surface area contributed by atoms with Crippen LogP contribution in [-0.2, 0) is 16.4 Å². The fraction of sp³-hybridized carbons (Fsp3) is 0.500. The molecule has 2 aromatic heterocycles. The first-order valence-corrected chi connectivity index (χ1v) is 8.63. The second-order valence-electron chi connectivity index (χ2n) is 7.57. The average molecular weight is 382 g/mol. The van der Waals surface area contributed by atoms with E-state index in [1.165, 1.54) is 6.07 Å². The Hall–Kier alpha value is -2.58. The number of carbonyl (C=O) groups excluding carboxylic acids is 1. The number of pyridine rings is 1. The average Bonchev–Trinajstić information content (AvgIpc) is 3.22. The Kier molecular flexibility index (Phi) is 4.88. The molecule has 3 heterocycles. The molecule has 0 aliphatic carbocycles. The second kappa shape index (κ2) is 6.86. The Labute approximate surface area is 154 Å². The lowest BCUT2D eigenvalue weighted by Gasteiger charge is -2.24. The molecule has 6 nitrogen and oxygen atoms in total. The molecule has 1 saturated heterocycles. The highest BCUT2D eigenvalue weighted by Gasteiger charge is 2.34. The van der Waals surface area contributed by atoms with E-state index in [-0.39, 0.29) is 11.3 Å². The molecule has 0 saturated carbocycles. The van der Waals surface area contributed by atoms with Crippen molar-refractivity contribution >= 4 is 17.5 Å². The molecule has 9 heteroatoms. The molecular formula is C18H21F3N4O2. The molecule has 1 atom stereocenters. The Balaban J connectivity index is 1.72. The maximum absolute atomic E-state index is 12.7. The van der Waals surface area contributed by atoms with Crippen LogP contribution in [0.1, 0.15) is 44.9 Å². The molecule has 0 aromatic carbocycles. The van der Waals surface area contributed by atoms with Crippen LogP contribution in [-0.4, -0.2) is 28.6 Å². The monoisotopic (exact) mass is 382 g/mol. The minimum Gasteiger partial charge on any atom is -0.359 e. The molecule has 0 unspecified atom stereocenters. The third-order valence-electron chi connectivity index (χ3n) is 4.43. The SMILES string of the molecule is CC(C)(C)c1cc(NC(=O)[C@H]2CCCN2c2ccc(C(F)(F)F)cn2)no1. The van der Waals surface area contributed by atoms with Crippen molar-refractivity contribution in [3.8, 4) is 0 Å². The molecule has 0 radical (unpaired) electrons. The number of halogens is 3. The molecule has 3 rings (SSSR count). The maximum atomic E-state index is 12.7. The van der Waals surface area contributed by atoms with E-state index in [1.54, 1.807) is 11.0 Å². The molecule has 0 spiro atoms. The van der Waals surface area contributed by atoms with E-state index in [1.807, 2.05) is 20.8 Å². The molecule has 1 N–H and O–H groups in total. The fourth-order valence-electron chi connectivity index (χ4n) is 2.93. The first-order valence-electron chi connectivity index (χ1n) is 8.63. The quantitative estimate of drug-likeness (QED) is 0.869. The zero-order valence-electron chi connectivity index (χ0n) is 15.3. The standard InChI is InChI=1S/C18H21F3N4O2/c1-17(2,3)13-9-14(24-27-13)23-16(26)12-5-4-8-25(12)15-7-6-11(10-22-15)18(19,20)21/h6-7,9-10,12H,4-5,8H2,1-3H3,(H,23,24,26)/t12-/m1/s1. The molecule has 1 aliphatic heterocycles. The highest BCUT2D eigenvalue weighted by atomic mass is 19.4. The van der Waals surface area contributed by atoms with Crippen LogP contribution in [0, 0.1) is 0 Å². The first-order chi connectivity index (χ1) is 12.6. The summed E-state index contributed by atoms with van der Waals surface area (Å²) >= 11 is 0. The van der Waals surface area contributed by atoms with Gasteiger partial charge in [-0.25, -0.2) is 4.98 Å². The van der Waals surface area contributed by atoms with Crippen LogP contribution in [0.25, 0.3) is 0 Å². The van der Waals surface area contributed by atoms with Gasteiger partial charge in [-0.3, -0.25) is 4.79 Å². The Bertz CT molecular complexity index is 809. The fourth-order valence-corrected chi connectivity index (χ4v) is 2.93. The topological polar surface area (TPSA) is 71.3 Å². The Morgan fingerprint density at radius 3 is 2.59 bits per heavy atom. The summed E-state index contributed by atoms with van der Waals surface area (Å²) in [6.07, 6.45) is -2.33. The third-order valence-corrected chi connectivity index (χ3v) is 4.43. The number of carbonyl (C=O) groups is 1. The summed E-state index contributed by atoms with van der Waals surface area (Å²) < 4.78 is 43.3. The molecule has 1 fully saturated rings. The Morgan fingerprint density at radius 2 is 2.04 bits per heavy atom. The van der Waals surface area contributed by atoms with Crippen LogP contribution < -0.4 is 10.2 Å². The number of hydrogen-bond donors (Lipinski definition) is 1. The summed E-state index contributed by atoms with van der Waals surface area (Å²) in [4.78, 5) is 18.2. The van der Waals surface area contributed by atoms with Crippen molar-refractivity contribution in [1.29, 1.82) is 0 Å². The lowest BCUT2D eigenvalue weighted by atomic mass is 9.93. The lowest BCUT2D eigenvalue weighted by Crippen LogP contribution is -2.40. The van der Waals surface area contributed by atoms with Crippen LogP contribution in [0.4, 0.5) is 24.8 Å². The van der Waals surface area contributed by atoms with Crippen LogP contribution in [0.2, 0.25) is 0 Å². The van der Waals surface area contributed by atoms with Gasteiger partial charge in [0.25, 0.3) is 0 Å². The van der Waals surface area contributed by atoms with Gasteiger partial charge in [-0.05, 0) is 25.0 Å². The van der Waals surface area contributed by atoms with Gasteiger partial charge in [0.2, 0.25) is 5.91 Å². The third kappa shape index (κ3) is 4.23. The number of alkyl halides is 3. The van der Waals surface area contributed by atoms with E-state index >= 15 is 0 Å². The van der Waals surface area contributed by atoms with Crippen molar-refractivity contribution in [3.05, 3.63) is 35.7 Å². The van der Waals surface area contributed by atoms with Crippen molar-refractivity contribution in [2.75, 3.05) is 16.8 Å². The van der Waals surface area contributed by atoms with E-state index in [9.17, 15) is 18.0 Å². The predicted octanol–water partition coefficient (Wildman–Crippen LogP) is 3.99. The van der Waals surface area contributed by atoms with Crippen molar-refractivity contribution in [3.63, 3.8) is 0 Å². The Morgan fingerprint density at radius 1 is 1.30 bits per heavy atom. The van der Waals surface area contributed by atoms with Gasteiger partial charge < -0.3 is 14.7 Å². The first kappa shape index (κ1) is 19.2. The van der Waals surface area contributed by atoms with Crippen molar-refractivity contribution in [1.82, 2.24) is 10.1 Å². The number of aromatic nitrogens is 2. The van der Waals surface area contributed by atoms with Crippen molar-refractivity contribution in [2.45, 2.75) is 51.2 Å². The number of anilines is 2. The van der Waals surface area contributed by atoms with Gasteiger partial charge in [0.05, 0.1) is 5.56 Å². The molecule has 2 aromatic rings. The van der Waals surface area contributed by atoms with Gasteiger partial charge in [-0.15, -0.1) is 0 Å². The van der Waals surface area contributed by atoms with Crippen LogP contribution in [0.3, 0.4) is 0 Å². The van der Waals surface area contributed by atoms with Gasteiger partial charge in [-0.1, -0.05) is 25.9 Å². The largest absolute Gasteiger partial charge is 0.417 e. The maximum Gasteiger partial charge on any atom is 0.417 e. The van der Waals surface area contributed by atoms with Crippen LogP contribution >= 0.6 is 0 Å². The number of nitrogens with one attached hydrogen (secondary N) is 1. The predicted molar refractivity (Wildman–Crippen MR) is 93.4 cm³/mol. The lowest BCUT2D eigenvalue weighted by molar-refractivity contribution is -0.137. The summed E-state index contributed by atoms with van der Waals surface area (Å²) in [7, 11) is 0. The molecule has 1 aliphatic rings. The van der Waals surface area contributed by atoms with Gasteiger partial charge >= 0.3 is 6.18 Å². The highest BCUT2D eigenvalue weighted by Crippen LogP contribution is 2.31. The molecule has 0 bridgehead atoms. The number of amides is 1. The second-order valence-corrected chi connectivity index (χ2v) is 7.57. The van der Waals surface area contributed by atoms with Crippen LogP contribution in [0.15, 0.2) is 28.9 Å².